The van der Waals surface area contributed by atoms with Gasteiger partial charge in [-0.05, 0) is 56.8 Å². The zero-order chi connectivity index (χ0) is 23.3. The van der Waals surface area contributed by atoms with E-state index in [1.165, 1.54) is 37.7 Å². The van der Waals surface area contributed by atoms with Crippen molar-refractivity contribution in [3.05, 3.63) is 45.7 Å². The molecule has 5 rings (SSSR count). The average molecular weight is 470 g/mol. The fraction of sp³-hybridized carbons (Fsp3) is 0.560. The molecule has 0 bridgehead atoms. The van der Waals surface area contributed by atoms with Gasteiger partial charge >= 0.3 is 0 Å². The maximum Gasteiger partial charge on any atom is 0.256 e. The van der Waals surface area contributed by atoms with Crippen LogP contribution in [0.25, 0.3) is 11.3 Å². The van der Waals surface area contributed by atoms with Crippen molar-refractivity contribution in [1.82, 2.24) is 20.7 Å². The van der Waals surface area contributed by atoms with Crippen molar-refractivity contribution in [2.45, 2.75) is 82.6 Å². The van der Waals surface area contributed by atoms with Gasteiger partial charge in [-0.15, -0.1) is 0 Å². The molecule has 2 aromatic rings. The summed E-state index contributed by atoms with van der Waals surface area (Å²) in [5.74, 6) is 0.399. The minimum atomic E-state index is -0.0753. The lowest BCUT2D eigenvalue weighted by atomic mass is 9.68. The van der Waals surface area contributed by atoms with E-state index < -0.39 is 0 Å². The van der Waals surface area contributed by atoms with Crippen LogP contribution in [0.4, 0.5) is 5.95 Å². The quantitative estimate of drug-likeness (QED) is 0.343. The number of hydrazine groups is 1. The maximum absolute atomic E-state index is 13.2. The predicted molar refractivity (Wildman–Crippen MR) is 136 cm³/mol. The molecule has 33 heavy (non-hydrogen) atoms. The van der Waals surface area contributed by atoms with Gasteiger partial charge in [0.1, 0.15) is 0 Å². The van der Waals surface area contributed by atoms with Gasteiger partial charge in [0.05, 0.1) is 11.3 Å². The Balaban J connectivity index is 0.000000821. The molecule has 1 spiro atoms. The number of anilines is 1. The molecule has 5 N–H and O–H groups in total. The molecule has 3 aliphatic carbocycles. The normalized spacial score (nSPS) is 18.5. The molecule has 0 saturated heterocycles. The lowest BCUT2D eigenvalue weighted by molar-refractivity contribution is 0.318. The van der Waals surface area contributed by atoms with E-state index in [0.717, 1.165) is 48.9 Å². The topological polar surface area (TPSA) is 102 Å². The number of rotatable bonds is 3. The maximum atomic E-state index is 13.2. The van der Waals surface area contributed by atoms with Gasteiger partial charge in [0.2, 0.25) is 5.95 Å². The van der Waals surface area contributed by atoms with Crippen LogP contribution in [0.2, 0.25) is 0 Å². The smallest absolute Gasteiger partial charge is 0.256 e. The highest BCUT2D eigenvalue weighted by Crippen LogP contribution is 2.49. The molecule has 0 amide bonds. The van der Waals surface area contributed by atoms with E-state index in [0.29, 0.717) is 17.1 Å². The lowest BCUT2D eigenvalue weighted by Gasteiger charge is -2.35. The largest absolute Gasteiger partial charge is 0.397 e. The third kappa shape index (κ3) is 5.22. The average Bonchev–Trinajstić information content (AvgIpc) is 3.27. The van der Waals surface area contributed by atoms with E-state index in [2.05, 4.69) is 39.4 Å². The number of hydrogen-bond acceptors (Lipinski definition) is 5. The number of aliphatic hydroxyl groups excluding tert-OH is 1. The Bertz CT molecular complexity index is 1030. The van der Waals surface area contributed by atoms with E-state index in [1.54, 1.807) is 6.92 Å². The molecule has 1 aromatic heterocycles. The number of benzene rings is 1. The van der Waals surface area contributed by atoms with Crippen molar-refractivity contribution in [3.63, 3.8) is 0 Å². The van der Waals surface area contributed by atoms with Gasteiger partial charge in [-0.1, -0.05) is 56.4 Å². The van der Waals surface area contributed by atoms with E-state index in [9.17, 15) is 4.79 Å². The number of H-pyrrole nitrogens is 1. The number of aromatic nitrogens is 2. The van der Waals surface area contributed by atoms with Crippen LogP contribution in [0.5, 0.6) is 0 Å². The molecule has 0 radical (unpaired) electrons. The Morgan fingerprint density at radius 3 is 2.61 bits per heavy atom. The van der Waals surface area contributed by atoms with Crippen LogP contribution in [0.15, 0.2) is 29.1 Å². The summed E-state index contributed by atoms with van der Waals surface area (Å²) >= 11 is 5.43. The van der Waals surface area contributed by atoms with Crippen LogP contribution in [0.3, 0.4) is 0 Å². The highest BCUT2D eigenvalue weighted by atomic mass is 32.1. The monoisotopic (exact) mass is 469 g/mol. The van der Waals surface area contributed by atoms with E-state index in [4.69, 9.17) is 22.3 Å². The minimum absolute atomic E-state index is 0.0353. The van der Waals surface area contributed by atoms with Crippen molar-refractivity contribution in [2.24, 2.45) is 0 Å². The predicted octanol–water partition coefficient (Wildman–Crippen LogP) is 3.93. The lowest BCUT2D eigenvalue weighted by Crippen LogP contribution is -2.45. The fourth-order valence-corrected chi connectivity index (χ4v) is 5.86. The molecular formula is C25H35N5O2S. The molecule has 2 fully saturated rings. The third-order valence-electron chi connectivity index (χ3n) is 7.05. The first kappa shape index (κ1) is 23.7. The number of fused-ring (bicyclic) bond motifs is 4. The van der Waals surface area contributed by atoms with Crippen molar-refractivity contribution >= 4 is 23.3 Å². The third-order valence-corrected chi connectivity index (χ3v) is 7.27. The molecular weight excluding hydrogens is 434 g/mol. The van der Waals surface area contributed by atoms with Gasteiger partial charge in [-0.2, -0.15) is 0 Å². The van der Waals surface area contributed by atoms with Crippen molar-refractivity contribution in [3.8, 4) is 11.3 Å². The SMILES string of the molecule is CCO.O=c1[nH]c(NNC(=S)NC2CCCCC2)nc2c1C1(CCCC1)Cc1ccccc1-2. The first-order valence-corrected chi connectivity index (χ1v) is 12.6. The van der Waals surface area contributed by atoms with Crippen molar-refractivity contribution in [2.75, 3.05) is 12.0 Å². The summed E-state index contributed by atoms with van der Waals surface area (Å²) in [6, 6.07) is 8.78. The zero-order valence-electron chi connectivity index (χ0n) is 19.4. The van der Waals surface area contributed by atoms with Gasteiger partial charge in [-0.3, -0.25) is 20.6 Å². The second-order valence-corrected chi connectivity index (χ2v) is 9.74. The van der Waals surface area contributed by atoms with E-state index in [1.807, 2.05) is 6.07 Å². The van der Waals surface area contributed by atoms with Crippen LogP contribution < -0.4 is 21.7 Å². The molecule has 7 nitrogen and oxygen atoms in total. The Morgan fingerprint density at radius 2 is 1.88 bits per heavy atom. The number of aliphatic hydroxyl groups is 1. The summed E-state index contributed by atoms with van der Waals surface area (Å²) in [4.78, 5) is 21.0. The first-order chi connectivity index (χ1) is 16.1. The zero-order valence-corrected chi connectivity index (χ0v) is 20.2. The highest BCUT2D eigenvalue weighted by Gasteiger charge is 2.43. The number of aromatic amines is 1. The Hall–Kier alpha value is -2.45. The molecule has 0 unspecified atom stereocenters. The van der Waals surface area contributed by atoms with Crippen LogP contribution in [0, 0.1) is 0 Å². The Kier molecular flexibility index (Phi) is 7.65. The van der Waals surface area contributed by atoms with Gasteiger partial charge in [0.25, 0.3) is 5.56 Å². The van der Waals surface area contributed by atoms with Gasteiger partial charge in [0, 0.05) is 23.6 Å². The Labute approximate surface area is 200 Å². The molecule has 2 saturated carbocycles. The van der Waals surface area contributed by atoms with Gasteiger partial charge in [0.15, 0.2) is 5.11 Å². The van der Waals surface area contributed by atoms with Crippen molar-refractivity contribution in [1.29, 1.82) is 0 Å². The Morgan fingerprint density at radius 1 is 1.18 bits per heavy atom. The number of hydrogen-bond donors (Lipinski definition) is 5. The van der Waals surface area contributed by atoms with Crippen molar-refractivity contribution < 1.29 is 5.11 Å². The molecule has 0 atom stereocenters. The van der Waals surface area contributed by atoms with Crippen LogP contribution in [-0.2, 0) is 11.8 Å². The van der Waals surface area contributed by atoms with Crippen LogP contribution in [-0.4, -0.2) is 32.8 Å². The second kappa shape index (κ2) is 10.7. The van der Waals surface area contributed by atoms with Crippen LogP contribution in [0.1, 0.15) is 75.8 Å². The summed E-state index contributed by atoms with van der Waals surface area (Å²) in [5.41, 5.74) is 9.95. The molecule has 0 aliphatic heterocycles. The summed E-state index contributed by atoms with van der Waals surface area (Å²) < 4.78 is 0. The number of nitrogens with one attached hydrogen (secondary N) is 4. The highest BCUT2D eigenvalue weighted by molar-refractivity contribution is 7.80. The summed E-state index contributed by atoms with van der Waals surface area (Å²) in [5, 5.41) is 11.5. The molecule has 1 heterocycles. The standard InChI is InChI=1S/C23H29N5OS.C2H6O/c29-20-18-19(17-11-5-4-8-15(17)14-23(18)12-6-7-13-23)25-21(26-20)27-28-22(30)24-16-9-2-1-3-10-16;1-2-3/h4-5,8,11,16H,1-3,6-7,9-10,12-14H2,(H2,24,28,30)(H2,25,26,27,29);3H,2H2,1H3. The summed E-state index contributed by atoms with van der Waals surface area (Å²) in [7, 11) is 0. The second-order valence-electron chi connectivity index (χ2n) is 9.33. The van der Waals surface area contributed by atoms with E-state index >= 15 is 0 Å². The number of nitrogens with zero attached hydrogens (tertiary/aromatic N) is 1. The summed E-state index contributed by atoms with van der Waals surface area (Å²) in [6.07, 6.45) is 11.5. The fourth-order valence-electron chi connectivity index (χ4n) is 5.64. The molecule has 3 aliphatic rings. The minimum Gasteiger partial charge on any atom is -0.397 e. The van der Waals surface area contributed by atoms with Crippen LogP contribution >= 0.6 is 12.2 Å². The number of thiocarbonyl (C=S) groups is 1. The first-order valence-electron chi connectivity index (χ1n) is 12.2. The molecule has 1 aromatic carbocycles. The van der Waals surface area contributed by atoms with Gasteiger partial charge in [-0.25, -0.2) is 4.98 Å². The summed E-state index contributed by atoms with van der Waals surface area (Å²) in [6.45, 7) is 1.93. The molecule has 8 heteroatoms. The van der Waals surface area contributed by atoms with Gasteiger partial charge < -0.3 is 10.4 Å². The molecule has 178 valence electrons. The van der Waals surface area contributed by atoms with E-state index in [-0.39, 0.29) is 17.6 Å².